The van der Waals surface area contributed by atoms with Gasteiger partial charge in [0.25, 0.3) is 0 Å². The minimum absolute atomic E-state index is 0.0837. The first-order valence-electron chi connectivity index (χ1n) is 9.92. The number of thioether (sulfide) groups is 1. The maximum absolute atomic E-state index is 13.3. The van der Waals surface area contributed by atoms with E-state index in [0.29, 0.717) is 37.1 Å². The molecule has 0 bridgehead atoms. The van der Waals surface area contributed by atoms with E-state index in [0.717, 1.165) is 36.7 Å². The van der Waals surface area contributed by atoms with Gasteiger partial charge in [0.15, 0.2) is 5.16 Å². The van der Waals surface area contributed by atoms with Gasteiger partial charge in [-0.15, -0.1) is 5.10 Å². The van der Waals surface area contributed by atoms with Crippen LogP contribution in [0.3, 0.4) is 0 Å². The third-order valence-corrected chi connectivity index (χ3v) is 6.24. The number of H-pyrrole nitrogens is 1. The van der Waals surface area contributed by atoms with Gasteiger partial charge in [0.1, 0.15) is 0 Å². The molecule has 1 aromatic heterocycles. The largest absolute Gasteiger partial charge is 0.416 e. The second kappa shape index (κ2) is 8.58. The summed E-state index contributed by atoms with van der Waals surface area (Å²) in [4.78, 5) is 26.6. The zero-order valence-electron chi connectivity index (χ0n) is 16.7. The number of benzene rings is 1. The Morgan fingerprint density at radius 2 is 2.03 bits per heavy atom. The number of aromatic nitrogens is 3. The average Bonchev–Trinajstić information content (AvgIpc) is 3.51. The van der Waals surface area contributed by atoms with Gasteiger partial charge >= 0.3 is 11.9 Å². The van der Waals surface area contributed by atoms with Gasteiger partial charge in [-0.2, -0.15) is 13.2 Å². The lowest BCUT2D eigenvalue weighted by atomic mass is 10.1. The minimum Gasteiger partial charge on any atom is -0.378 e. The molecular weight excluding hydrogens is 435 g/mol. The fourth-order valence-corrected chi connectivity index (χ4v) is 4.29. The predicted molar refractivity (Wildman–Crippen MR) is 110 cm³/mol. The predicted octanol–water partition coefficient (Wildman–Crippen LogP) is 2.88. The standard InChI is InChI=1S/C19H22F3N5O3S/c1-11(31-18-25-24-17(29)27(18)13-3-4-13)16(28)23-14-10-12(19(20,21)22)2-5-15(14)26-6-8-30-9-7-26/h2,5,10-11,13H,3-4,6-9H2,1H3,(H,23,28)(H,24,29). The summed E-state index contributed by atoms with van der Waals surface area (Å²) in [5.41, 5.74) is -0.563. The van der Waals surface area contributed by atoms with Crippen molar-refractivity contribution in [2.45, 2.75) is 42.4 Å². The molecule has 1 aromatic carbocycles. The lowest BCUT2D eigenvalue weighted by molar-refractivity contribution is -0.137. The Labute approximate surface area is 180 Å². The Bertz CT molecular complexity index is 1010. The molecule has 1 atom stereocenters. The third-order valence-electron chi connectivity index (χ3n) is 5.17. The van der Waals surface area contributed by atoms with E-state index >= 15 is 0 Å². The average molecular weight is 457 g/mol. The van der Waals surface area contributed by atoms with Crippen molar-refractivity contribution < 1.29 is 22.7 Å². The van der Waals surface area contributed by atoms with Crippen LogP contribution >= 0.6 is 11.8 Å². The number of alkyl halides is 3. The molecule has 0 spiro atoms. The van der Waals surface area contributed by atoms with E-state index in [9.17, 15) is 22.8 Å². The van der Waals surface area contributed by atoms with E-state index in [1.165, 1.54) is 10.6 Å². The molecule has 1 unspecified atom stereocenters. The number of morpholine rings is 1. The molecule has 31 heavy (non-hydrogen) atoms. The maximum Gasteiger partial charge on any atom is 0.416 e. The molecule has 168 valence electrons. The molecule has 2 fully saturated rings. The van der Waals surface area contributed by atoms with Gasteiger partial charge < -0.3 is 15.0 Å². The molecule has 1 amide bonds. The number of carbonyl (C=O) groups is 1. The first kappa shape index (κ1) is 21.8. The van der Waals surface area contributed by atoms with Crippen molar-refractivity contribution in [1.82, 2.24) is 14.8 Å². The molecule has 1 saturated carbocycles. The van der Waals surface area contributed by atoms with Crippen molar-refractivity contribution in [3.8, 4) is 0 Å². The van der Waals surface area contributed by atoms with Crippen LogP contribution in [0.1, 0.15) is 31.4 Å². The van der Waals surface area contributed by atoms with Crippen LogP contribution in [-0.4, -0.2) is 52.2 Å². The van der Waals surface area contributed by atoms with Crippen molar-refractivity contribution in [1.29, 1.82) is 0 Å². The summed E-state index contributed by atoms with van der Waals surface area (Å²) in [6.45, 7) is 3.56. The van der Waals surface area contributed by atoms with E-state index < -0.39 is 22.9 Å². The van der Waals surface area contributed by atoms with Crippen LogP contribution in [-0.2, 0) is 15.7 Å². The highest BCUT2D eigenvalue weighted by atomic mass is 32.2. The Morgan fingerprint density at radius 1 is 1.32 bits per heavy atom. The highest BCUT2D eigenvalue weighted by molar-refractivity contribution is 8.00. The number of hydrogen-bond donors (Lipinski definition) is 2. The number of halogens is 3. The van der Waals surface area contributed by atoms with Crippen molar-refractivity contribution in [2.24, 2.45) is 0 Å². The van der Waals surface area contributed by atoms with E-state index in [1.54, 1.807) is 6.92 Å². The lowest BCUT2D eigenvalue weighted by Gasteiger charge is -2.31. The molecule has 1 aliphatic heterocycles. The summed E-state index contributed by atoms with van der Waals surface area (Å²) in [5, 5.41) is 8.73. The Morgan fingerprint density at radius 3 is 2.68 bits per heavy atom. The first-order chi connectivity index (χ1) is 14.7. The van der Waals surface area contributed by atoms with Crippen molar-refractivity contribution >= 4 is 29.0 Å². The summed E-state index contributed by atoms with van der Waals surface area (Å²) < 4.78 is 46.6. The normalized spacial score (nSPS) is 18.1. The number of ether oxygens (including phenoxy) is 1. The number of rotatable bonds is 6. The highest BCUT2D eigenvalue weighted by Gasteiger charge is 2.33. The van der Waals surface area contributed by atoms with E-state index in [2.05, 4.69) is 15.5 Å². The number of anilines is 2. The Kier molecular flexibility index (Phi) is 6.02. The van der Waals surface area contributed by atoms with E-state index in [1.807, 2.05) is 4.90 Å². The maximum atomic E-state index is 13.3. The molecule has 0 radical (unpaired) electrons. The number of aromatic amines is 1. The van der Waals surface area contributed by atoms with Gasteiger partial charge in [-0.3, -0.25) is 9.36 Å². The zero-order chi connectivity index (χ0) is 22.2. The van der Waals surface area contributed by atoms with E-state index in [-0.39, 0.29) is 17.4 Å². The lowest BCUT2D eigenvalue weighted by Crippen LogP contribution is -2.37. The molecule has 12 heteroatoms. The SMILES string of the molecule is CC(Sc1n[nH]c(=O)n1C1CC1)C(=O)Nc1cc(C(F)(F)F)ccc1N1CCOCC1. The molecule has 2 aliphatic rings. The summed E-state index contributed by atoms with van der Waals surface area (Å²) in [6, 6.07) is 3.42. The fourth-order valence-electron chi connectivity index (χ4n) is 3.37. The smallest absolute Gasteiger partial charge is 0.378 e. The van der Waals surface area contributed by atoms with Gasteiger partial charge in [-0.25, -0.2) is 9.89 Å². The van der Waals surface area contributed by atoms with Crippen LogP contribution in [0.4, 0.5) is 24.5 Å². The molecule has 2 N–H and O–H groups in total. The van der Waals surface area contributed by atoms with E-state index in [4.69, 9.17) is 4.74 Å². The monoisotopic (exact) mass is 457 g/mol. The van der Waals surface area contributed by atoms with Crippen LogP contribution in [0, 0.1) is 0 Å². The van der Waals surface area contributed by atoms with Crippen molar-refractivity contribution in [2.75, 3.05) is 36.5 Å². The van der Waals surface area contributed by atoms with Crippen LogP contribution in [0.25, 0.3) is 0 Å². The Hall–Kier alpha value is -2.47. The molecule has 1 aliphatic carbocycles. The van der Waals surface area contributed by atoms with Gasteiger partial charge in [0.2, 0.25) is 5.91 Å². The second-order valence-corrected chi connectivity index (χ2v) is 8.80. The highest BCUT2D eigenvalue weighted by Crippen LogP contribution is 2.38. The number of hydrogen-bond acceptors (Lipinski definition) is 6. The third kappa shape index (κ3) is 4.90. The van der Waals surface area contributed by atoms with Gasteiger partial charge in [0, 0.05) is 19.1 Å². The van der Waals surface area contributed by atoms with Crippen molar-refractivity contribution in [3.05, 3.63) is 34.2 Å². The van der Waals surface area contributed by atoms with Crippen LogP contribution < -0.4 is 15.9 Å². The topological polar surface area (TPSA) is 92.2 Å². The zero-order valence-corrected chi connectivity index (χ0v) is 17.6. The molecule has 1 saturated heterocycles. The number of nitrogens with zero attached hydrogens (tertiary/aromatic N) is 3. The molecule has 4 rings (SSSR count). The first-order valence-corrected chi connectivity index (χ1v) is 10.8. The molecular formula is C19H22F3N5O3S. The molecule has 2 heterocycles. The van der Waals surface area contributed by atoms with Gasteiger partial charge in [0.05, 0.1) is 35.4 Å². The van der Waals surface area contributed by atoms with Crippen LogP contribution in [0.2, 0.25) is 0 Å². The van der Waals surface area contributed by atoms with Gasteiger partial charge in [-0.05, 0) is 38.0 Å². The van der Waals surface area contributed by atoms with Crippen LogP contribution in [0.5, 0.6) is 0 Å². The van der Waals surface area contributed by atoms with Crippen LogP contribution in [0.15, 0.2) is 28.2 Å². The molecule has 8 nitrogen and oxygen atoms in total. The minimum atomic E-state index is -4.53. The fraction of sp³-hybridized carbons (Fsp3) is 0.526. The summed E-state index contributed by atoms with van der Waals surface area (Å²) >= 11 is 1.09. The van der Waals surface area contributed by atoms with Crippen molar-refractivity contribution in [3.63, 3.8) is 0 Å². The number of nitrogens with one attached hydrogen (secondary N) is 2. The number of amides is 1. The number of carbonyl (C=O) groups excluding carboxylic acids is 1. The quantitative estimate of drug-likeness (QED) is 0.649. The summed E-state index contributed by atoms with van der Waals surface area (Å²) in [5.74, 6) is -0.475. The Balaban J connectivity index is 1.55. The second-order valence-electron chi connectivity index (χ2n) is 7.49. The molecule has 2 aromatic rings. The van der Waals surface area contributed by atoms with Gasteiger partial charge in [-0.1, -0.05) is 11.8 Å². The summed E-state index contributed by atoms with van der Waals surface area (Å²) in [7, 11) is 0. The summed E-state index contributed by atoms with van der Waals surface area (Å²) in [6.07, 6.45) is -2.78.